The second-order valence-corrected chi connectivity index (χ2v) is 8.08. The molecule has 5 rings (SSSR count). The first-order chi connectivity index (χ1) is 14.7. The largest absolute Gasteiger partial charge is 0.379 e. The second-order valence-electron chi connectivity index (χ2n) is 8.08. The van der Waals surface area contributed by atoms with Crippen molar-refractivity contribution in [1.29, 1.82) is 5.26 Å². The maximum absolute atomic E-state index is 13.9. The van der Waals surface area contributed by atoms with Crippen LogP contribution < -0.4 is 5.32 Å². The minimum Gasteiger partial charge on any atom is -0.379 e. The minimum atomic E-state index is -0.784. The van der Waals surface area contributed by atoms with Crippen LogP contribution in [0.3, 0.4) is 0 Å². The summed E-state index contributed by atoms with van der Waals surface area (Å²) >= 11 is 0. The van der Waals surface area contributed by atoms with Crippen molar-refractivity contribution in [3.63, 3.8) is 0 Å². The monoisotopic (exact) mass is 405 g/mol. The fraction of sp³-hybridized carbons (Fsp3) is 0.435. The van der Waals surface area contributed by atoms with Gasteiger partial charge in [-0.05, 0) is 48.9 Å². The number of halogens is 1. The number of amidine groups is 1. The quantitative estimate of drug-likeness (QED) is 0.839. The molecule has 6 nitrogen and oxygen atoms in total. The van der Waals surface area contributed by atoms with Gasteiger partial charge in [0.1, 0.15) is 17.1 Å². The van der Waals surface area contributed by atoms with Gasteiger partial charge in [-0.1, -0.05) is 12.1 Å². The molecule has 1 atom stereocenters. The van der Waals surface area contributed by atoms with Crippen LogP contribution in [0.15, 0.2) is 51.2 Å². The van der Waals surface area contributed by atoms with E-state index < -0.39 is 5.54 Å². The van der Waals surface area contributed by atoms with E-state index in [1.54, 1.807) is 12.1 Å². The molecular formula is C23H24FN5O. The number of rotatable bonds is 3. The molecule has 1 fully saturated rings. The Hall–Kier alpha value is -2.82. The standard InChI is InChI=1S/C23H24FN5O/c24-17-4-5-18-16(13-17)6-7-23(18)19(14-25)21(15-29-9-11-30-12-10-29)27-22(28-23)20-3-1-2-8-26-20/h3-5,8,13H,1-2,6-7,9-12,15H2,(H,27,28). The molecule has 0 radical (unpaired) electrons. The Kier molecular flexibility index (Phi) is 4.97. The maximum atomic E-state index is 13.9. The maximum Gasteiger partial charge on any atom is 0.152 e. The predicted octanol–water partition coefficient (Wildman–Crippen LogP) is 2.83. The first kappa shape index (κ1) is 19.2. The van der Waals surface area contributed by atoms with Gasteiger partial charge < -0.3 is 10.1 Å². The molecule has 0 bridgehead atoms. The summed E-state index contributed by atoms with van der Waals surface area (Å²) in [6.07, 6.45) is 7.19. The Morgan fingerprint density at radius 2 is 2.13 bits per heavy atom. The summed E-state index contributed by atoms with van der Waals surface area (Å²) in [5.41, 5.74) is 3.38. The van der Waals surface area contributed by atoms with Crippen LogP contribution in [0.1, 0.15) is 30.4 Å². The number of nitrogens with one attached hydrogen (secondary N) is 1. The van der Waals surface area contributed by atoms with Crippen LogP contribution in [-0.2, 0) is 16.7 Å². The third-order valence-corrected chi connectivity index (χ3v) is 6.26. The molecule has 3 aliphatic heterocycles. The molecule has 4 aliphatic rings. The Bertz CT molecular complexity index is 1030. The lowest BCUT2D eigenvalue weighted by Crippen LogP contribution is -2.45. The van der Waals surface area contributed by atoms with Crippen molar-refractivity contribution in [3.05, 3.63) is 58.2 Å². The number of hydrogen-bond acceptors (Lipinski definition) is 6. The zero-order valence-electron chi connectivity index (χ0n) is 16.8. The molecule has 0 aromatic heterocycles. The van der Waals surface area contributed by atoms with Gasteiger partial charge >= 0.3 is 0 Å². The fourth-order valence-corrected chi connectivity index (χ4v) is 4.78. The Balaban J connectivity index is 1.62. The number of allylic oxidation sites excluding steroid dienone is 1. The molecule has 154 valence electrons. The predicted molar refractivity (Wildman–Crippen MR) is 113 cm³/mol. The first-order valence-electron chi connectivity index (χ1n) is 10.5. The summed E-state index contributed by atoms with van der Waals surface area (Å²) in [6, 6.07) is 7.30. The zero-order chi connectivity index (χ0) is 20.6. The van der Waals surface area contributed by atoms with Crippen LogP contribution in [-0.4, -0.2) is 49.8 Å². The Morgan fingerprint density at radius 3 is 2.90 bits per heavy atom. The molecule has 3 heterocycles. The molecule has 1 unspecified atom stereocenters. The number of aliphatic imine (C=N–C) groups is 2. The minimum absolute atomic E-state index is 0.250. The van der Waals surface area contributed by atoms with Gasteiger partial charge in [0.25, 0.3) is 0 Å². The highest BCUT2D eigenvalue weighted by Crippen LogP contribution is 2.48. The van der Waals surface area contributed by atoms with Crippen molar-refractivity contribution in [1.82, 2.24) is 10.2 Å². The van der Waals surface area contributed by atoms with Gasteiger partial charge in [-0.15, -0.1) is 0 Å². The van der Waals surface area contributed by atoms with Crippen molar-refractivity contribution < 1.29 is 9.13 Å². The lowest BCUT2D eigenvalue weighted by molar-refractivity contribution is 0.0416. The van der Waals surface area contributed by atoms with E-state index in [0.29, 0.717) is 44.0 Å². The molecule has 0 saturated carbocycles. The van der Waals surface area contributed by atoms with E-state index in [9.17, 15) is 9.65 Å². The summed E-state index contributed by atoms with van der Waals surface area (Å²) in [6.45, 7) is 3.66. The normalized spacial score (nSPS) is 26.1. The number of aryl methyl sites for hydroxylation is 1. The molecule has 7 heteroatoms. The Morgan fingerprint density at radius 1 is 1.27 bits per heavy atom. The topological polar surface area (TPSA) is 73.0 Å². The molecule has 1 aromatic rings. The molecule has 1 saturated heterocycles. The van der Waals surface area contributed by atoms with E-state index in [2.05, 4.69) is 27.4 Å². The van der Waals surface area contributed by atoms with E-state index in [1.807, 2.05) is 6.21 Å². The third-order valence-electron chi connectivity index (χ3n) is 6.26. The highest BCUT2D eigenvalue weighted by molar-refractivity contribution is 6.02. The highest BCUT2D eigenvalue weighted by atomic mass is 19.1. The van der Waals surface area contributed by atoms with Gasteiger partial charge in [-0.3, -0.25) is 9.89 Å². The number of ether oxygens (including phenoxy) is 1. The molecule has 30 heavy (non-hydrogen) atoms. The average molecular weight is 405 g/mol. The zero-order valence-corrected chi connectivity index (χ0v) is 16.8. The molecule has 1 spiro atoms. The number of fused-ring (bicyclic) bond motifs is 2. The summed E-state index contributed by atoms with van der Waals surface area (Å²) in [5.74, 6) is 0.449. The van der Waals surface area contributed by atoms with E-state index in [1.165, 1.54) is 6.07 Å². The van der Waals surface area contributed by atoms with E-state index in [4.69, 9.17) is 9.73 Å². The van der Waals surface area contributed by atoms with Gasteiger partial charge in [-0.25, -0.2) is 9.38 Å². The van der Waals surface area contributed by atoms with Gasteiger partial charge in [0.15, 0.2) is 5.84 Å². The SMILES string of the molecule is N#CC1=C(CN2CCOCC2)NC(C2=CCCC=N2)=NC12CCc1cc(F)ccc12. The molecule has 1 aliphatic carbocycles. The number of nitriles is 1. The van der Waals surface area contributed by atoms with Gasteiger partial charge in [0.05, 0.1) is 24.9 Å². The average Bonchev–Trinajstić information content (AvgIpc) is 3.12. The number of nitrogens with zero attached hydrogens (tertiary/aromatic N) is 4. The Labute approximate surface area is 175 Å². The third kappa shape index (κ3) is 3.26. The van der Waals surface area contributed by atoms with Crippen molar-refractivity contribution in [2.24, 2.45) is 9.98 Å². The first-order valence-corrected chi connectivity index (χ1v) is 10.5. The van der Waals surface area contributed by atoms with Crippen LogP contribution >= 0.6 is 0 Å². The highest BCUT2D eigenvalue weighted by Gasteiger charge is 2.46. The van der Waals surface area contributed by atoms with Crippen LogP contribution in [0, 0.1) is 17.1 Å². The number of hydrogen-bond donors (Lipinski definition) is 1. The van der Waals surface area contributed by atoms with Crippen LogP contribution in [0.5, 0.6) is 0 Å². The fourth-order valence-electron chi connectivity index (χ4n) is 4.78. The molecular weight excluding hydrogens is 381 g/mol. The summed E-state index contributed by atoms with van der Waals surface area (Å²) < 4.78 is 19.4. The number of benzene rings is 1. The molecule has 1 N–H and O–H groups in total. The molecule has 0 amide bonds. The van der Waals surface area contributed by atoms with Crippen molar-refractivity contribution in [3.8, 4) is 6.07 Å². The second kappa shape index (κ2) is 7.78. The van der Waals surface area contributed by atoms with Crippen molar-refractivity contribution >= 4 is 12.1 Å². The van der Waals surface area contributed by atoms with Crippen LogP contribution in [0.25, 0.3) is 0 Å². The van der Waals surface area contributed by atoms with Crippen molar-refractivity contribution in [2.75, 3.05) is 32.8 Å². The van der Waals surface area contributed by atoms with E-state index in [-0.39, 0.29) is 5.82 Å². The number of morpholine rings is 1. The lowest BCUT2D eigenvalue weighted by atomic mass is 9.82. The van der Waals surface area contributed by atoms with Crippen LogP contribution in [0.4, 0.5) is 4.39 Å². The van der Waals surface area contributed by atoms with Gasteiger partial charge in [0.2, 0.25) is 0 Å². The molecule has 1 aromatic carbocycles. The lowest BCUT2D eigenvalue weighted by Gasteiger charge is -2.36. The smallest absolute Gasteiger partial charge is 0.152 e. The summed E-state index contributed by atoms with van der Waals surface area (Å²) in [4.78, 5) is 11.9. The van der Waals surface area contributed by atoms with Crippen molar-refractivity contribution in [2.45, 2.75) is 31.2 Å². The van der Waals surface area contributed by atoms with Gasteiger partial charge in [-0.2, -0.15) is 5.26 Å². The summed E-state index contributed by atoms with van der Waals surface area (Å²) in [7, 11) is 0. The van der Waals surface area contributed by atoms with E-state index >= 15 is 0 Å². The van der Waals surface area contributed by atoms with E-state index in [0.717, 1.165) is 48.5 Å². The van der Waals surface area contributed by atoms with Gasteiger partial charge in [0, 0.05) is 31.5 Å². The van der Waals surface area contributed by atoms with Crippen LogP contribution in [0.2, 0.25) is 0 Å². The summed E-state index contributed by atoms with van der Waals surface area (Å²) in [5, 5.41) is 13.6.